The zero-order chi connectivity index (χ0) is 14.8. The normalized spacial score (nSPS) is 12.5. The summed E-state index contributed by atoms with van der Waals surface area (Å²) >= 11 is 12.2. The number of hydrazine groups is 1. The Bertz CT molecular complexity index is 789. The number of hydrogen-bond acceptors (Lipinski definition) is 3. The molecular weight excluding hydrogens is 305 g/mol. The van der Waals surface area contributed by atoms with Crippen molar-refractivity contribution in [2.24, 2.45) is 5.84 Å². The smallest absolute Gasteiger partial charge is 0.0725 e. The molecule has 1 aromatic heterocycles. The number of pyridine rings is 1. The number of nitrogens with one attached hydrogen (secondary N) is 1. The second kappa shape index (κ2) is 6.00. The molecule has 3 nitrogen and oxygen atoms in total. The van der Waals surface area contributed by atoms with Crippen LogP contribution in [0.25, 0.3) is 10.9 Å². The maximum atomic E-state index is 6.28. The van der Waals surface area contributed by atoms with Crippen LogP contribution >= 0.6 is 23.2 Å². The Balaban J connectivity index is 2.09. The summed E-state index contributed by atoms with van der Waals surface area (Å²) in [5, 5.41) is 2.26. The summed E-state index contributed by atoms with van der Waals surface area (Å²) in [6, 6.07) is 15.1. The minimum atomic E-state index is -0.221. The van der Waals surface area contributed by atoms with Crippen molar-refractivity contribution in [3.05, 3.63) is 75.9 Å². The lowest BCUT2D eigenvalue weighted by molar-refractivity contribution is 0.637. The van der Waals surface area contributed by atoms with Gasteiger partial charge in [0.15, 0.2) is 0 Å². The molecule has 0 amide bonds. The lowest BCUT2D eigenvalue weighted by Crippen LogP contribution is -2.29. The van der Waals surface area contributed by atoms with Crippen molar-refractivity contribution in [3.8, 4) is 0 Å². The third-order valence-electron chi connectivity index (χ3n) is 3.40. The first-order chi connectivity index (χ1) is 10.2. The highest BCUT2D eigenvalue weighted by Gasteiger charge is 2.16. The highest BCUT2D eigenvalue weighted by atomic mass is 35.5. The highest BCUT2D eigenvalue weighted by Crippen LogP contribution is 2.31. The van der Waals surface area contributed by atoms with Crippen molar-refractivity contribution in [3.63, 3.8) is 0 Å². The SMILES string of the molecule is NNC(c1ccc2cccnc2c1)c1ccc(Cl)cc1Cl. The van der Waals surface area contributed by atoms with Gasteiger partial charge in [-0.05, 0) is 35.4 Å². The minimum absolute atomic E-state index is 0.221. The van der Waals surface area contributed by atoms with Crippen molar-refractivity contribution < 1.29 is 0 Å². The van der Waals surface area contributed by atoms with E-state index in [1.165, 1.54) is 0 Å². The Morgan fingerprint density at radius 2 is 1.90 bits per heavy atom. The van der Waals surface area contributed by atoms with Crippen molar-refractivity contribution in [2.45, 2.75) is 6.04 Å². The van der Waals surface area contributed by atoms with Crippen LogP contribution < -0.4 is 11.3 Å². The highest BCUT2D eigenvalue weighted by molar-refractivity contribution is 6.35. The number of aromatic nitrogens is 1. The number of nitrogens with zero attached hydrogens (tertiary/aromatic N) is 1. The maximum Gasteiger partial charge on any atom is 0.0725 e. The van der Waals surface area contributed by atoms with Gasteiger partial charge in [-0.1, -0.05) is 47.5 Å². The van der Waals surface area contributed by atoms with Crippen LogP contribution in [-0.4, -0.2) is 4.98 Å². The Labute approximate surface area is 132 Å². The van der Waals surface area contributed by atoms with Gasteiger partial charge in [-0.15, -0.1) is 0 Å². The van der Waals surface area contributed by atoms with Crippen LogP contribution in [0.4, 0.5) is 0 Å². The Morgan fingerprint density at radius 1 is 1.05 bits per heavy atom. The number of rotatable bonds is 3. The summed E-state index contributed by atoms with van der Waals surface area (Å²) in [6.45, 7) is 0. The van der Waals surface area contributed by atoms with Gasteiger partial charge in [0.25, 0.3) is 0 Å². The van der Waals surface area contributed by atoms with Crippen molar-refractivity contribution in [2.75, 3.05) is 0 Å². The van der Waals surface area contributed by atoms with Gasteiger partial charge < -0.3 is 0 Å². The first-order valence-corrected chi connectivity index (χ1v) is 7.20. The van der Waals surface area contributed by atoms with E-state index in [2.05, 4.69) is 10.4 Å². The standard InChI is InChI=1S/C16H13Cl2N3/c17-12-5-6-13(14(18)9-12)16(21-19)11-4-3-10-2-1-7-20-15(10)8-11/h1-9,16,21H,19H2. The summed E-state index contributed by atoms with van der Waals surface area (Å²) in [4.78, 5) is 4.37. The second-order valence-corrected chi connectivity index (χ2v) is 5.56. The number of benzene rings is 2. The Hall–Kier alpha value is -1.65. The molecule has 0 radical (unpaired) electrons. The van der Waals surface area contributed by atoms with E-state index in [9.17, 15) is 0 Å². The zero-order valence-electron chi connectivity index (χ0n) is 11.1. The lowest BCUT2D eigenvalue weighted by Gasteiger charge is -2.18. The van der Waals surface area contributed by atoms with Crippen LogP contribution in [0.3, 0.4) is 0 Å². The molecule has 0 bridgehead atoms. The summed E-state index contributed by atoms with van der Waals surface area (Å²) in [6.07, 6.45) is 1.77. The van der Waals surface area contributed by atoms with Gasteiger partial charge in [0.1, 0.15) is 0 Å². The van der Waals surface area contributed by atoms with E-state index in [1.807, 2.05) is 36.4 Å². The number of halogens is 2. The molecule has 0 fully saturated rings. The van der Waals surface area contributed by atoms with Crippen LogP contribution in [0.2, 0.25) is 10.0 Å². The molecule has 106 valence electrons. The third kappa shape index (κ3) is 2.87. The molecular formula is C16H13Cl2N3. The first-order valence-electron chi connectivity index (χ1n) is 6.45. The molecule has 0 aliphatic carbocycles. The van der Waals surface area contributed by atoms with Gasteiger partial charge >= 0.3 is 0 Å². The van der Waals surface area contributed by atoms with Gasteiger partial charge in [-0.2, -0.15) is 0 Å². The molecule has 1 heterocycles. The molecule has 0 spiro atoms. The molecule has 1 unspecified atom stereocenters. The predicted octanol–water partition coefficient (Wildman–Crippen LogP) is 4.09. The fourth-order valence-electron chi connectivity index (χ4n) is 2.36. The van der Waals surface area contributed by atoms with Crippen molar-refractivity contribution in [1.82, 2.24) is 10.4 Å². The molecule has 2 aromatic carbocycles. The zero-order valence-corrected chi connectivity index (χ0v) is 12.6. The van der Waals surface area contributed by atoms with Gasteiger partial charge in [-0.3, -0.25) is 10.8 Å². The van der Waals surface area contributed by atoms with Crippen LogP contribution in [0, 0.1) is 0 Å². The number of nitrogens with two attached hydrogens (primary N) is 1. The van der Waals surface area contributed by atoms with Crippen molar-refractivity contribution >= 4 is 34.1 Å². The van der Waals surface area contributed by atoms with E-state index in [0.29, 0.717) is 10.0 Å². The fourth-order valence-corrected chi connectivity index (χ4v) is 2.88. The molecule has 3 rings (SSSR count). The van der Waals surface area contributed by atoms with Crippen LogP contribution in [0.5, 0.6) is 0 Å². The molecule has 0 saturated heterocycles. The van der Waals surface area contributed by atoms with Crippen LogP contribution in [-0.2, 0) is 0 Å². The van der Waals surface area contributed by atoms with Gasteiger partial charge in [0.2, 0.25) is 0 Å². The molecule has 1 atom stereocenters. The minimum Gasteiger partial charge on any atom is -0.271 e. The van der Waals surface area contributed by atoms with Crippen LogP contribution in [0.1, 0.15) is 17.2 Å². The fraction of sp³-hybridized carbons (Fsp3) is 0.0625. The average Bonchev–Trinajstić information content (AvgIpc) is 2.50. The summed E-state index contributed by atoms with van der Waals surface area (Å²) in [5.74, 6) is 5.73. The van der Waals surface area contributed by atoms with Crippen molar-refractivity contribution in [1.29, 1.82) is 0 Å². The second-order valence-electron chi connectivity index (χ2n) is 4.72. The molecule has 0 aliphatic heterocycles. The monoisotopic (exact) mass is 317 g/mol. The molecule has 21 heavy (non-hydrogen) atoms. The van der Waals surface area contributed by atoms with Gasteiger partial charge in [0.05, 0.1) is 11.6 Å². The van der Waals surface area contributed by atoms with E-state index < -0.39 is 0 Å². The van der Waals surface area contributed by atoms with E-state index >= 15 is 0 Å². The van der Waals surface area contributed by atoms with E-state index in [1.54, 1.807) is 18.3 Å². The molecule has 3 N–H and O–H groups in total. The van der Waals surface area contributed by atoms with Crippen LogP contribution in [0.15, 0.2) is 54.7 Å². The number of hydrogen-bond donors (Lipinski definition) is 2. The molecule has 5 heteroatoms. The number of fused-ring (bicyclic) bond motifs is 1. The Kier molecular flexibility index (Phi) is 4.08. The third-order valence-corrected chi connectivity index (χ3v) is 3.97. The maximum absolute atomic E-state index is 6.28. The van der Waals surface area contributed by atoms with E-state index in [0.717, 1.165) is 22.0 Å². The van der Waals surface area contributed by atoms with Gasteiger partial charge in [-0.25, -0.2) is 5.43 Å². The summed E-state index contributed by atoms with van der Waals surface area (Å²) < 4.78 is 0. The van der Waals surface area contributed by atoms with Gasteiger partial charge in [0, 0.05) is 21.6 Å². The lowest BCUT2D eigenvalue weighted by atomic mass is 9.98. The largest absolute Gasteiger partial charge is 0.271 e. The quantitative estimate of drug-likeness (QED) is 0.565. The van der Waals surface area contributed by atoms with E-state index in [-0.39, 0.29) is 6.04 Å². The Morgan fingerprint density at radius 3 is 2.67 bits per heavy atom. The molecule has 0 aliphatic rings. The topological polar surface area (TPSA) is 50.9 Å². The van der Waals surface area contributed by atoms with E-state index in [4.69, 9.17) is 29.0 Å². The summed E-state index contributed by atoms with van der Waals surface area (Å²) in [5.41, 5.74) is 5.59. The molecule has 3 aromatic rings. The summed E-state index contributed by atoms with van der Waals surface area (Å²) in [7, 11) is 0. The average molecular weight is 318 g/mol. The first kappa shape index (κ1) is 14.3. The molecule has 0 saturated carbocycles. The predicted molar refractivity (Wildman–Crippen MR) is 87.4 cm³/mol.